The van der Waals surface area contributed by atoms with Gasteiger partial charge in [-0.15, -0.1) is 0 Å². The van der Waals surface area contributed by atoms with Crippen molar-refractivity contribution in [3.63, 3.8) is 0 Å². The normalized spacial score (nSPS) is 18.3. The molecule has 34 heavy (non-hydrogen) atoms. The van der Waals surface area contributed by atoms with E-state index in [1.807, 2.05) is 4.90 Å². The van der Waals surface area contributed by atoms with Gasteiger partial charge in [0, 0.05) is 30.4 Å². The second-order valence-corrected chi connectivity index (χ2v) is 8.14. The van der Waals surface area contributed by atoms with Gasteiger partial charge in [-0.2, -0.15) is 13.2 Å². The monoisotopic (exact) mass is 472 g/mol. The maximum Gasteiger partial charge on any atom is 0.416 e. The number of alkyl halides is 3. The van der Waals surface area contributed by atoms with Crippen molar-refractivity contribution >= 4 is 29.0 Å². The maximum absolute atomic E-state index is 13.4. The highest BCUT2D eigenvalue weighted by Gasteiger charge is 2.38. The summed E-state index contributed by atoms with van der Waals surface area (Å²) in [7, 11) is 0. The van der Waals surface area contributed by atoms with Crippen LogP contribution >= 0.6 is 0 Å². The van der Waals surface area contributed by atoms with Crippen molar-refractivity contribution in [3.05, 3.63) is 71.4 Å². The molecule has 9 heteroatoms. The standard InChI is InChI=1S/C25H23F3N2O4/c1-2-34-24(33)16-10-12-29(13-11-16)15-21-19-8-3-4-9-20(19)22(31)30(23(21)32)18-7-5-6-17(14-18)25(26,27)28/h3-9,14-16H,2,10-13H2,1H3/b21-15+. The molecule has 2 aliphatic heterocycles. The Morgan fingerprint density at radius 3 is 2.35 bits per heavy atom. The minimum atomic E-state index is -4.61. The van der Waals surface area contributed by atoms with Crippen LogP contribution < -0.4 is 4.90 Å². The van der Waals surface area contributed by atoms with Gasteiger partial charge in [-0.3, -0.25) is 14.4 Å². The van der Waals surface area contributed by atoms with Gasteiger partial charge in [0.05, 0.1) is 29.3 Å². The molecule has 1 fully saturated rings. The molecule has 0 aliphatic carbocycles. The molecule has 0 atom stereocenters. The Hall–Kier alpha value is -3.62. The summed E-state index contributed by atoms with van der Waals surface area (Å²) in [5.41, 5.74) is -0.232. The van der Waals surface area contributed by atoms with Gasteiger partial charge >= 0.3 is 12.1 Å². The van der Waals surface area contributed by atoms with Crippen molar-refractivity contribution in [3.8, 4) is 0 Å². The predicted molar refractivity (Wildman–Crippen MR) is 119 cm³/mol. The van der Waals surface area contributed by atoms with Gasteiger partial charge in [-0.05, 0) is 44.0 Å². The number of benzene rings is 2. The van der Waals surface area contributed by atoms with Crippen LogP contribution in [-0.4, -0.2) is 42.4 Å². The average molecular weight is 472 g/mol. The molecule has 2 aromatic rings. The quantitative estimate of drug-likeness (QED) is 0.372. The molecule has 2 heterocycles. The first-order valence-corrected chi connectivity index (χ1v) is 11.0. The predicted octanol–water partition coefficient (Wildman–Crippen LogP) is 4.51. The second-order valence-electron chi connectivity index (χ2n) is 8.14. The molecule has 6 nitrogen and oxygen atoms in total. The third-order valence-corrected chi connectivity index (χ3v) is 5.98. The number of fused-ring (bicyclic) bond motifs is 1. The number of hydrogen-bond acceptors (Lipinski definition) is 5. The number of anilines is 1. The number of halogens is 3. The first kappa shape index (κ1) is 23.5. The molecule has 2 aliphatic rings. The minimum absolute atomic E-state index is 0.147. The first-order chi connectivity index (χ1) is 16.2. The summed E-state index contributed by atoms with van der Waals surface area (Å²) in [4.78, 5) is 41.3. The van der Waals surface area contributed by atoms with E-state index in [9.17, 15) is 27.6 Å². The highest BCUT2D eigenvalue weighted by Crippen LogP contribution is 2.36. The summed E-state index contributed by atoms with van der Waals surface area (Å²) in [6.07, 6.45) is -1.88. The van der Waals surface area contributed by atoms with E-state index in [2.05, 4.69) is 0 Å². The van der Waals surface area contributed by atoms with Crippen LogP contribution in [0.2, 0.25) is 0 Å². The van der Waals surface area contributed by atoms with Crippen LogP contribution in [0.15, 0.2) is 54.7 Å². The minimum Gasteiger partial charge on any atom is -0.466 e. The number of ether oxygens (including phenoxy) is 1. The van der Waals surface area contributed by atoms with Crippen LogP contribution in [0.3, 0.4) is 0 Å². The Balaban J connectivity index is 1.67. The van der Waals surface area contributed by atoms with Crippen LogP contribution in [0.1, 0.15) is 41.3 Å². The van der Waals surface area contributed by atoms with E-state index in [0.717, 1.165) is 17.0 Å². The summed E-state index contributed by atoms with van der Waals surface area (Å²) in [6.45, 7) is 3.06. The summed E-state index contributed by atoms with van der Waals surface area (Å²) in [5.74, 6) is -1.84. The number of rotatable bonds is 4. The Morgan fingerprint density at radius 1 is 1.03 bits per heavy atom. The van der Waals surface area contributed by atoms with Gasteiger partial charge in [0.2, 0.25) is 0 Å². The van der Waals surface area contributed by atoms with Gasteiger partial charge in [0.25, 0.3) is 11.8 Å². The molecule has 178 valence electrons. The van der Waals surface area contributed by atoms with Gasteiger partial charge in [0.1, 0.15) is 0 Å². The number of piperidine rings is 1. The molecule has 4 rings (SSSR count). The van der Waals surface area contributed by atoms with Crippen LogP contribution in [0.25, 0.3) is 5.57 Å². The zero-order valence-electron chi connectivity index (χ0n) is 18.5. The average Bonchev–Trinajstić information content (AvgIpc) is 2.82. The van der Waals surface area contributed by atoms with E-state index in [-0.39, 0.29) is 28.7 Å². The van der Waals surface area contributed by atoms with Crippen molar-refractivity contribution in [2.45, 2.75) is 25.9 Å². The number of amides is 2. The maximum atomic E-state index is 13.4. The SMILES string of the molecule is CCOC(=O)C1CCN(/C=C2/C(=O)N(c3cccc(C(F)(F)F)c3)C(=O)c3ccccc32)CC1. The zero-order chi connectivity index (χ0) is 24.5. The van der Waals surface area contributed by atoms with Crippen LogP contribution in [0, 0.1) is 5.92 Å². The molecular formula is C25H23F3N2O4. The number of esters is 1. The third kappa shape index (κ3) is 4.55. The number of imide groups is 1. The second kappa shape index (κ2) is 9.32. The highest BCUT2D eigenvalue weighted by molar-refractivity contribution is 6.41. The molecule has 0 N–H and O–H groups in total. The van der Waals surface area contributed by atoms with Crippen molar-refractivity contribution < 1.29 is 32.3 Å². The summed E-state index contributed by atoms with van der Waals surface area (Å²) in [5, 5.41) is 0. The summed E-state index contributed by atoms with van der Waals surface area (Å²) < 4.78 is 44.8. The lowest BCUT2D eigenvalue weighted by Crippen LogP contribution is -2.43. The van der Waals surface area contributed by atoms with Gasteiger partial charge in [-0.25, -0.2) is 4.90 Å². The van der Waals surface area contributed by atoms with Crippen LogP contribution in [-0.2, 0) is 20.5 Å². The lowest BCUT2D eigenvalue weighted by molar-refractivity contribution is -0.149. The summed E-state index contributed by atoms with van der Waals surface area (Å²) in [6, 6.07) is 10.7. The fourth-order valence-corrected chi connectivity index (χ4v) is 4.24. The molecule has 0 radical (unpaired) electrons. The Morgan fingerprint density at radius 2 is 1.71 bits per heavy atom. The number of carbonyl (C=O) groups excluding carboxylic acids is 3. The van der Waals surface area contributed by atoms with Crippen molar-refractivity contribution in [1.29, 1.82) is 0 Å². The smallest absolute Gasteiger partial charge is 0.416 e. The summed E-state index contributed by atoms with van der Waals surface area (Å²) >= 11 is 0. The van der Waals surface area contributed by atoms with Gasteiger partial charge in [-0.1, -0.05) is 24.3 Å². The number of hydrogen-bond donors (Lipinski definition) is 0. The zero-order valence-corrected chi connectivity index (χ0v) is 18.5. The molecule has 2 amide bonds. The molecular weight excluding hydrogens is 449 g/mol. The van der Waals surface area contributed by atoms with Crippen molar-refractivity contribution in [2.24, 2.45) is 5.92 Å². The van der Waals surface area contributed by atoms with E-state index in [0.29, 0.717) is 38.1 Å². The Labute approximate surface area is 194 Å². The molecule has 0 spiro atoms. The van der Waals surface area contributed by atoms with Gasteiger partial charge < -0.3 is 9.64 Å². The molecule has 0 unspecified atom stereocenters. The third-order valence-electron chi connectivity index (χ3n) is 5.98. The lowest BCUT2D eigenvalue weighted by Gasteiger charge is -2.33. The van der Waals surface area contributed by atoms with Crippen molar-refractivity contribution in [1.82, 2.24) is 4.90 Å². The number of likely N-dealkylation sites (tertiary alicyclic amines) is 1. The first-order valence-electron chi connectivity index (χ1n) is 11.0. The molecule has 0 saturated carbocycles. The molecule has 0 bridgehead atoms. The largest absolute Gasteiger partial charge is 0.466 e. The van der Waals surface area contributed by atoms with Crippen LogP contribution in [0.5, 0.6) is 0 Å². The van der Waals surface area contributed by atoms with Gasteiger partial charge in [0.15, 0.2) is 0 Å². The topological polar surface area (TPSA) is 66.9 Å². The number of nitrogens with zero attached hydrogens (tertiary/aromatic N) is 2. The van der Waals surface area contributed by atoms with E-state index in [1.54, 1.807) is 37.4 Å². The van der Waals surface area contributed by atoms with E-state index >= 15 is 0 Å². The van der Waals surface area contributed by atoms with E-state index < -0.39 is 23.6 Å². The molecule has 1 saturated heterocycles. The number of carbonyl (C=O) groups is 3. The lowest BCUT2D eigenvalue weighted by atomic mass is 9.92. The van der Waals surface area contributed by atoms with E-state index in [1.165, 1.54) is 12.1 Å². The molecule has 0 aromatic heterocycles. The molecule has 2 aromatic carbocycles. The fourth-order valence-electron chi connectivity index (χ4n) is 4.24. The Bertz CT molecular complexity index is 1150. The fraction of sp³-hybridized carbons (Fsp3) is 0.320. The van der Waals surface area contributed by atoms with E-state index in [4.69, 9.17) is 4.74 Å². The van der Waals surface area contributed by atoms with Crippen LogP contribution in [0.4, 0.5) is 18.9 Å². The van der Waals surface area contributed by atoms with Crippen molar-refractivity contribution in [2.75, 3.05) is 24.6 Å². The Kier molecular flexibility index (Phi) is 6.45. The highest BCUT2D eigenvalue weighted by atomic mass is 19.4.